The highest BCUT2D eigenvalue weighted by Gasteiger charge is 2.39. The second kappa shape index (κ2) is 5.15. The van der Waals surface area contributed by atoms with Crippen LogP contribution >= 0.6 is 0 Å². The second-order valence-electron chi connectivity index (χ2n) is 4.60. The van der Waals surface area contributed by atoms with Crippen LogP contribution in [0.3, 0.4) is 0 Å². The van der Waals surface area contributed by atoms with Gasteiger partial charge in [-0.25, -0.2) is 0 Å². The number of benzene rings is 1. The molecule has 7 heteroatoms. The molecule has 1 amide bonds. The third-order valence-corrected chi connectivity index (χ3v) is 3.02. The SMILES string of the molecule is O=C(O)CN(C(=O)c1ccccc1C(F)(F)F)C1CC1. The van der Waals surface area contributed by atoms with Crippen molar-refractivity contribution in [2.24, 2.45) is 0 Å². The molecule has 1 aromatic rings. The number of nitrogens with zero attached hydrogens (tertiary/aromatic N) is 1. The van der Waals surface area contributed by atoms with E-state index in [4.69, 9.17) is 5.11 Å². The first-order valence-corrected chi connectivity index (χ1v) is 5.99. The molecule has 0 spiro atoms. The summed E-state index contributed by atoms with van der Waals surface area (Å²) in [5.41, 5.74) is -1.55. The van der Waals surface area contributed by atoms with E-state index in [1.165, 1.54) is 12.1 Å². The highest BCUT2D eigenvalue weighted by Crippen LogP contribution is 2.34. The molecule has 0 unspecified atom stereocenters. The fraction of sp³-hybridized carbons (Fsp3) is 0.385. The summed E-state index contributed by atoms with van der Waals surface area (Å²) in [4.78, 5) is 23.9. The number of carbonyl (C=O) groups is 2. The molecule has 1 aliphatic carbocycles. The van der Waals surface area contributed by atoms with Crippen LogP contribution in [0.2, 0.25) is 0 Å². The molecule has 0 aliphatic heterocycles. The van der Waals surface area contributed by atoms with Gasteiger partial charge in [-0.2, -0.15) is 13.2 Å². The average molecular weight is 287 g/mol. The van der Waals surface area contributed by atoms with Crippen LogP contribution in [-0.4, -0.2) is 34.5 Å². The molecule has 1 saturated carbocycles. The first-order valence-electron chi connectivity index (χ1n) is 5.99. The Bertz CT molecular complexity index is 538. The summed E-state index contributed by atoms with van der Waals surface area (Å²) in [7, 11) is 0. The Morgan fingerprint density at radius 3 is 2.35 bits per heavy atom. The van der Waals surface area contributed by atoms with Gasteiger partial charge in [-0.1, -0.05) is 12.1 Å². The smallest absolute Gasteiger partial charge is 0.417 e. The van der Waals surface area contributed by atoms with Gasteiger partial charge in [0.2, 0.25) is 0 Å². The van der Waals surface area contributed by atoms with Crippen molar-refractivity contribution in [1.29, 1.82) is 0 Å². The number of halogens is 3. The summed E-state index contributed by atoms with van der Waals surface area (Å²) >= 11 is 0. The van der Waals surface area contributed by atoms with Crippen LogP contribution in [0.15, 0.2) is 24.3 Å². The van der Waals surface area contributed by atoms with Gasteiger partial charge in [0.15, 0.2) is 0 Å². The number of carboxylic acid groups (broad SMARTS) is 1. The molecule has 108 valence electrons. The standard InChI is InChI=1S/C13H12F3NO3/c14-13(15,16)10-4-2-1-3-9(10)12(20)17(7-11(18)19)8-5-6-8/h1-4,8H,5-7H2,(H,18,19). The van der Waals surface area contributed by atoms with Crippen molar-refractivity contribution in [1.82, 2.24) is 4.90 Å². The second-order valence-corrected chi connectivity index (χ2v) is 4.60. The number of aliphatic carboxylic acids is 1. The quantitative estimate of drug-likeness (QED) is 0.925. The van der Waals surface area contributed by atoms with Crippen molar-refractivity contribution in [2.75, 3.05) is 6.54 Å². The van der Waals surface area contributed by atoms with Gasteiger partial charge in [-0.05, 0) is 25.0 Å². The van der Waals surface area contributed by atoms with E-state index >= 15 is 0 Å². The first kappa shape index (κ1) is 14.4. The van der Waals surface area contributed by atoms with Gasteiger partial charge < -0.3 is 10.0 Å². The molecule has 20 heavy (non-hydrogen) atoms. The van der Waals surface area contributed by atoms with E-state index in [9.17, 15) is 22.8 Å². The minimum atomic E-state index is -4.65. The highest BCUT2D eigenvalue weighted by atomic mass is 19.4. The van der Waals surface area contributed by atoms with Crippen molar-refractivity contribution in [3.63, 3.8) is 0 Å². The fourth-order valence-corrected chi connectivity index (χ4v) is 1.97. The van der Waals surface area contributed by atoms with Gasteiger partial charge in [0.1, 0.15) is 6.54 Å². The summed E-state index contributed by atoms with van der Waals surface area (Å²) in [5, 5.41) is 8.77. The Labute approximate surface area is 112 Å². The first-order chi connectivity index (χ1) is 9.30. The number of rotatable bonds is 4. The topological polar surface area (TPSA) is 57.6 Å². The van der Waals surface area contributed by atoms with Crippen molar-refractivity contribution in [3.05, 3.63) is 35.4 Å². The Morgan fingerprint density at radius 2 is 1.85 bits per heavy atom. The van der Waals surface area contributed by atoms with E-state index in [2.05, 4.69) is 0 Å². The normalized spacial score (nSPS) is 14.9. The molecule has 0 aromatic heterocycles. The molecule has 4 nitrogen and oxygen atoms in total. The Morgan fingerprint density at radius 1 is 1.25 bits per heavy atom. The monoisotopic (exact) mass is 287 g/mol. The molecule has 0 bridgehead atoms. The van der Waals surface area contributed by atoms with Crippen LogP contribution in [0.25, 0.3) is 0 Å². The van der Waals surface area contributed by atoms with E-state index in [1.54, 1.807) is 0 Å². The Hall–Kier alpha value is -2.05. The number of carbonyl (C=O) groups excluding carboxylic acids is 1. The van der Waals surface area contributed by atoms with Crippen molar-refractivity contribution in [2.45, 2.75) is 25.1 Å². The Kier molecular flexibility index (Phi) is 3.69. The molecule has 1 aromatic carbocycles. The maximum atomic E-state index is 12.9. The third kappa shape index (κ3) is 3.09. The number of amides is 1. The summed E-state index contributed by atoms with van der Waals surface area (Å²) in [6, 6.07) is 4.13. The molecule has 0 heterocycles. The fourth-order valence-electron chi connectivity index (χ4n) is 1.97. The lowest BCUT2D eigenvalue weighted by Crippen LogP contribution is -2.38. The van der Waals surface area contributed by atoms with Gasteiger partial charge >= 0.3 is 12.1 Å². The van der Waals surface area contributed by atoms with Crippen molar-refractivity contribution in [3.8, 4) is 0 Å². The van der Waals surface area contributed by atoms with Crippen LogP contribution in [0.1, 0.15) is 28.8 Å². The number of hydrogen-bond donors (Lipinski definition) is 1. The molecule has 0 saturated heterocycles. The van der Waals surface area contributed by atoms with E-state index in [0.717, 1.165) is 17.0 Å². The van der Waals surface area contributed by atoms with Gasteiger partial charge in [0, 0.05) is 6.04 Å². The highest BCUT2D eigenvalue weighted by molar-refractivity contribution is 5.97. The van der Waals surface area contributed by atoms with Gasteiger partial charge in [0.25, 0.3) is 5.91 Å². The minimum absolute atomic E-state index is 0.278. The Balaban J connectivity index is 2.34. The zero-order chi connectivity index (χ0) is 14.9. The molecule has 2 rings (SSSR count). The van der Waals surface area contributed by atoms with Crippen LogP contribution in [-0.2, 0) is 11.0 Å². The van der Waals surface area contributed by atoms with E-state index in [0.29, 0.717) is 12.8 Å². The summed E-state index contributed by atoms with van der Waals surface area (Å²) in [5.74, 6) is -2.13. The molecule has 1 aliphatic rings. The lowest BCUT2D eigenvalue weighted by atomic mass is 10.1. The zero-order valence-corrected chi connectivity index (χ0v) is 10.4. The zero-order valence-electron chi connectivity index (χ0n) is 10.4. The average Bonchev–Trinajstić information content (AvgIpc) is 3.18. The van der Waals surface area contributed by atoms with Crippen LogP contribution in [0, 0.1) is 0 Å². The minimum Gasteiger partial charge on any atom is -0.480 e. The maximum Gasteiger partial charge on any atom is 0.417 e. The lowest BCUT2D eigenvalue weighted by molar-refractivity contribution is -0.138. The predicted molar refractivity (Wildman–Crippen MR) is 63.1 cm³/mol. The summed E-state index contributed by atoms with van der Waals surface area (Å²) < 4.78 is 38.6. The summed E-state index contributed by atoms with van der Waals surface area (Å²) in [6.07, 6.45) is -3.41. The van der Waals surface area contributed by atoms with E-state index in [1.807, 2.05) is 0 Å². The lowest BCUT2D eigenvalue weighted by Gasteiger charge is -2.22. The molecule has 0 atom stereocenters. The molecular formula is C13H12F3NO3. The number of hydrogen-bond acceptors (Lipinski definition) is 2. The van der Waals surface area contributed by atoms with Crippen LogP contribution < -0.4 is 0 Å². The molecule has 1 N–H and O–H groups in total. The van der Waals surface area contributed by atoms with Gasteiger partial charge in [-0.3, -0.25) is 9.59 Å². The maximum absolute atomic E-state index is 12.9. The van der Waals surface area contributed by atoms with Crippen LogP contribution in [0.4, 0.5) is 13.2 Å². The number of carboxylic acids is 1. The van der Waals surface area contributed by atoms with Gasteiger partial charge in [-0.15, -0.1) is 0 Å². The largest absolute Gasteiger partial charge is 0.480 e. The molecule has 1 fully saturated rings. The van der Waals surface area contributed by atoms with Crippen molar-refractivity contribution < 1.29 is 27.9 Å². The van der Waals surface area contributed by atoms with E-state index < -0.39 is 35.7 Å². The van der Waals surface area contributed by atoms with Crippen LogP contribution in [0.5, 0.6) is 0 Å². The number of alkyl halides is 3. The predicted octanol–water partition coefficient (Wildman–Crippen LogP) is 2.39. The van der Waals surface area contributed by atoms with Crippen molar-refractivity contribution >= 4 is 11.9 Å². The molecular weight excluding hydrogens is 275 g/mol. The third-order valence-electron chi connectivity index (χ3n) is 3.02. The summed E-state index contributed by atoms with van der Waals surface area (Å²) in [6.45, 7) is -0.588. The van der Waals surface area contributed by atoms with E-state index in [-0.39, 0.29) is 6.04 Å². The van der Waals surface area contributed by atoms with Gasteiger partial charge in [0.05, 0.1) is 11.1 Å². The molecule has 0 radical (unpaired) electrons.